The van der Waals surface area contributed by atoms with Gasteiger partial charge in [0.2, 0.25) is 5.95 Å². The fourth-order valence-electron chi connectivity index (χ4n) is 4.87. The third-order valence-electron chi connectivity index (χ3n) is 7.00. The van der Waals surface area contributed by atoms with Gasteiger partial charge in [0.05, 0.1) is 39.4 Å². The number of halogens is 3. The molecule has 3 aromatic rings. The number of hydrogen-bond donors (Lipinski definition) is 2. The van der Waals surface area contributed by atoms with Crippen LogP contribution in [0, 0.1) is 6.92 Å². The zero-order valence-electron chi connectivity index (χ0n) is 22.7. The van der Waals surface area contributed by atoms with Crippen LogP contribution < -0.4 is 10.0 Å². The van der Waals surface area contributed by atoms with E-state index in [-0.39, 0.29) is 5.95 Å². The number of nitrogens with zero attached hydrogens (tertiary/aromatic N) is 3. The number of aromatic nitrogens is 3. The Bertz CT molecular complexity index is 1390. The van der Waals surface area contributed by atoms with Crippen molar-refractivity contribution in [2.24, 2.45) is 0 Å². The summed E-state index contributed by atoms with van der Waals surface area (Å²) >= 11 is 1.51. The van der Waals surface area contributed by atoms with Crippen LogP contribution in [0.2, 0.25) is 0 Å². The Hall–Kier alpha value is -2.45. The average Bonchev–Trinajstić information content (AvgIpc) is 3.56. The van der Waals surface area contributed by atoms with E-state index in [1.165, 1.54) is 11.3 Å². The molecule has 0 bridgehead atoms. The highest BCUT2D eigenvalue weighted by Gasteiger charge is 2.49. The van der Waals surface area contributed by atoms with Gasteiger partial charge in [-0.3, -0.25) is 0 Å². The van der Waals surface area contributed by atoms with Gasteiger partial charge in [0.15, 0.2) is 5.79 Å². The van der Waals surface area contributed by atoms with Crippen LogP contribution in [0.15, 0.2) is 36.7 Å². The van der Waals surface area contributed by atoms with Crippen molar-refractivity contribution in [1.29, 1.82) is 0 Å². The van der Waals surface area contributed by atoms with E-state index in [4.69, 9.17) is 14.5 Å². The van der Waals surface area contributed by atoms with E-state index in [2.05, 4.69) is 20.0 Å². The lowest BCUT2D eigenvalue weighted by Crippen LogP contribution is -2.53. The van der Waals surface area contributed by atoms with Crippen molar-refractivity contribution in [3.8, 4) is 10.4 Å². The van der Waals surface area contributed by atoms with Crippen molar-refractivity contribution >= 4 is 34.0 Å². The molecule has 1 aliphatic carbocycles. The number of rotatable bonds is 6. The highest BCUT2D eigenvalue weighted by atomic mass is 32.2. The normalized spacial score (nSPS) is 19.6. The van der Waals surface area contributed by atoms with Gasteiger partial charge in [-0.2, -0.15) is 13.2 Å². The molecule has 8 nitrogen and oxygen atoms in total. The minimum Gasteiger partial charge on any atom is -0.348 e. The molecule has 13 heteroatoms. The Balaban J connectivity index is 1.43. The minimum atomic E-state index is -4.56. The van der Waals surface area contributed by atoms with Gasteiger partial charge in [-0.25, -0.2) is 23.9 Å². The van der Waals surface area contributed by atoms with E-state index >= 15 is 0 Å². The summed E-state index contributed by atoms with van der Waals surface area (Å²) in [6.45, 7) is 8.84. The molecule has 1 saturated carbocycles. The molecule has 2 fully saturated rings. The van der Waals surface area contributed by atoms with Gasteiger partial charge in [-0.1, -0.05) is 6.07 Å². The van der Waals surface area contributed by atoms with Gasteiger partial charge in [0, 0.05) is 30.9 Å². The van der Waals surface area contributed by atoms with E-state index < -0.39 is 38.9 Å². The molecule has 2 aromatic heterocycles. The van der Waals surface area contributed by atoms with Gasteiger partial charge < -0.3 is 14.8 Å². The van der Waals surface area contributed by atoms with Crippen LogP contribution in [0.1, 0.15) is 62.7 Å². The summed E-state index contributed by atoms with van der Waals surface area (Å²) in [7, 11) is -1.33. The summed E-state index contributed by atoms with van der Waals surface area (Å²) in [5.41, 5.74) is 0.677. The zero-order chi connectivity index (χ0) is 28.8. The molecular formula is C27H32F3N5O3S2. The van der Waals surface area contributed by atoms with E-state index in [1.807, 2.05) is 45.9 Å². The first-order chi connectivity index (χ1) is 18.8. The van der Waals surface area contributed by atoms with Crippen LogP contribution in [0.4, 0.5) is 24.8 Å². The van der Waals surface area contributed by atoms with Crippen molar-refractivity contribution < 1.29 is 26.9 Å². The summed E-state index contributed by atoms with van der Waals surface area (Å²) < 4.78 is 67.4. The fourth-order valence-corrected chi connectivity index (χ4v) is 7.00. The molecule has 216 valence electrons. The molecule has 1 aliphatic heterocycles. The zero-order valence-corrected chi connectivity index (χ0v) is 24.4. The quantitative estimate of drug-likeness (QED) is 0.348. The number of thiazole rings is 1. The predicted molar refractivity (Wildman–Crippen MR) is 148 cm³/mol. The largest absolute Gasteiger partial charge is 0.433 e. The maximum absolute atomic E-state index is 13.3. The number of alkyl halides is 3. The Morgan fingerprint density at radius 2 is 1.73 bits per heavy atom. The number of benzene rings is 1. The maximum atomic E-state index is 13.3. The Morgan fingerprint density at radius 3 is 2.38 bits per heavy atom. The second-order valence-corrected chi connectivity index (χ2v) is 14.2. The first kappa shape index (κ1) is 29.1. The SMILES string of the molecule is Cc1cc(Nc2nccc(C(F)(F)F)n2)cc(-c2cnc(C3(NS(=O)C(C)(C)C)CCC4(CC3)OCCO4)s2)c1. The van der Waals surface area contributed by atoms with Gasteiger partial charge in [-0.15, -0.1) is 11.3 Å². The summed E-state index contributed by atoms with van der Waals surface area (Å²) in [6, 6.07) is 6.46. The van der Waals surface area contributed by atoms with Gasteiger partial charge in [0.25, 0.3) is 0 Å². The standard InChI is InChI=1S/C27H32F3N5O3S2/c1-17-13-18(15-19(14-17)33-23-31-10-5-21(34-23)27(28,29)30)20-16-32-22(39-20)25(35-40(36)24(2,3)4)6-8-26(9-7-25)37-11-12-38-26/h5,10,13-16,35H,6-9,11-12H2,1-4H3,(H,31,33,34). The van der Waals surface area contributed by atoms with Crippen molar-refractivity contribution in [3.63, 3.8) is 0 Å². The first-order valence-electron chi connectivity index (χ1n) is 13.0. The topological polar surface area (TPSA) is 98.3 Å². The molecule has 0 radical (unpaired) electrons. The smallest absolute Gasteiger partial charge is 0.348 e. The van der Waals surface area contributed by atoms with Crippen LogP contribution in [0.25, 0.3) is 10.4 Å². The fraction of sp³-hybridized carbons (Fsp3) is 0.519. The summed E-state index contributed by atoms with van der Waals surface area (Å²) in [5.74, 6) is -0.728. The van der Waals surface area contributed by atoms with Crippen LogP contribution in [0.3, 0.4) is 0 Å². The highest BCUT2D eigenvalue weighted by Crippen LogP contribution is 2.47. The van der Waals surface area contributed by atoms with E-state index in [9.17, 15) is 17.4 Å². The summed E-state index contributed by atoms with van der Waals surface area (Å²) in [5, 5.41) is 3.72. The minimum absolute atomic E-state index is 0.142. The molecule has 1 saturated heterocycles. The molecular weight excluding hydrogens is 563 g/mol. The number of nitrogens with one attached hydrogen (secondary N) is 2. The molecule has 1 unspecified atom stereocenters. The number of ether oxygens (including phenoxy) is 2. The molecule has 3 heterocycles. The number of anilines is 2. The van der Waals surface area contributed by atoms with Crippen LogP contribution in [-0.2, 0) is 32.2 Å². The van der Waals surface area contributed by atoms with Crippen molar-refractivity contribution in [1.82, 2.24) is 19.7 Å². The lowest BCUT2D eigenvalue weighted by atomic mass is 9.79. The maximum Gasteiger partial charge on any atom is 0.433 e. The summed E-state index contributed by atoms with van der Waals surface area (Å²) in [4.78, 5) is 13.2. The van der Waals surface area contributed by atoms with E-state index in [0.29, 0.717) is 44.6 Å². The second-order valence-electron chi connectivity index (χ2n) is 11.2. The Labute approximate surface area is 237 Å². The van der Waals surface area contributed by atoms with Gasteiger partial charge in [0.1, 0.15) is 10.7 Å². The van der Waals surface area contributed by atoms with Gasteiger partial charge >= 0.3 is 6.18 Å². The second kappa shape index (κ2) is 10.8. The predicted octanol–water partition coefficient (Wildman–Crippen LogP) is 6.24. The molecule has 1 aromatic carbocycles. The lowest BCUT2D eigenvalue weighted by molar-refractivity contribution is -0.185. The third kappa shape index (κ3) is 6.23. The molecule has 2 N–H and O–H groups in total. The molecule has 1 spiro atoms. The monoisotopic (exact) mass is 595 g/mol. The van der Waals surface area contributed by atoms with E-state index in [1.54, 1.807) is 6.20 Å². The van der Waals surface area contributed by atoms with Crippen LogP contribution in [-0.4, -0.2) is 42.9 Å². The Kier molecular flexibility index (Phi) is 7.81. The Morgan fingerprint density at radius 1 is 1.02 bits per heavy atom. The molecule has 5 rings (SSSR count). The summed E-state index contributed by atoms with van der Waals surface area (Å²) in [6.07, 6.45) is 0.914. The molecule has 2 aliphatic rings. The van der Waals surface area contributed by atoms with E-state index in [0.717, 1.165) is 33.3 Å². The number of aryl methyl sites for hydroxylation is 1. The highest BCUT2D eigenvalue weighted by molar-refractivity contribution is 7.84. The van der Waals surface area contributed by atoms with Crippen LogP contribution in [0.5, 0.6) is 0 Å². The lowest BCUT2D eigenvalue weighted by Gasteiger charge is -2.43. The van der Waals surface area contributed by atoms with Crippen LogP contribution >= 0.6 is 11.3 Å². The first-order valence-corrected chi connectivity index (χ1v) is 15.0. The van der Waals surface area contributed by atoms with Gasteiger partial charge in [-0.05, 0) is 69.9 Å². The number of hydrogen-bond acceptors (Lipinski definition) is 8. The van der Waals surface area contributed by atoms with Crippen molar-refractivity contribution in [3.05, 3.63) is 52.9 Å². The third-order valence-corrected chi connectivity index (χ3v) is 9.94. The molecule has 40 heavy (non-hydrogen) atoms. The molecule has 1 atom stereocenters. The molecule has 0 amide bonds. The van der Waals surface area contributed by atoms with Crippen molar-refractivity contribution in [2.45, 2.75) is 75.6 Å². The van der Waals surface area contributed by atoms with Crippen molar-refractivity contribution in [2.75, 3.05) is 18.5 Å². The average molecular weight is 596 g/mol.